The van der Waals surface area contributed by atoms with Gasteiger partial charge in [-0.05, 0) is 17.2 Å². The number of aliphatic imine (C=N–C) groups is 1. The Morgan fingerprint density at radius 2 is 1.83 bits per heavy atom. The van der Waals surface area contributed by atoms with E-state index in [1.54, 1.807) is 0 Å². The molecule has 3 rings (SSSR count). The maximum absolute atomic E-state index is 4.80. The van der Waals surface area contributed by atoms with Gasteiger partial charge in [-0.3, -0.25) is 0 Å². The molecule has 88 valence electrons. The molecule has 18 heavy (non-hydrogen) atoms. The van der Waals surface area contributed by atoms with Crippen LogP contribution in [0, 0.1) is 0 Å². The Balaban J connectivity index is 2.07. The summed E-state index contributed by atoms with van der Waals surface area (Å²) in [6, 6.07) is 17.0. The molecule has 0 aromatic heterocycles. The molecule has 3 heteroatoms. The smallest absolute Gasteiger partial charge is 0.107 e. The van der Waals surface area contributed by atoms with Crippen molar-refractivity contribution in [3.05, 3.63) is 65.2 Å². The third-order valence-electron chi connectivity index (χ3n) is 3.21. The fourth-order valence-corrected chi connectivity index (χ4v) is 3.26. The highest BCUT2D eigenvalue weighted by molar-refractivity contribution is 8.13. The maximum atomic E-state index is 4.80. The van der Waals surface area contributed by atoms with Crippen LogP contribution in [0.25, 0.3) is 0 Å². The highest BCUT2D eigenvalue weighted by atomic mass is 32.2. The molecule has 0 atom stereocenters. The van der Waals surface area contributed by atoms with Gasteiger partial charge in [-0.1, -0.05) is 48.8 Å². The average molecular weight is 251 g/mol. The second-order valence-electron chi connectivity index (χ2n) is 4.35. The first-order chi connectivity index (χ1) is 8.88. The largest absolute Gasteiger partial charge is 0.241 e. The second kappa shape index (κ2) is 5.03. The van der Waals surface area contributed by atoms with Gasteiger partial charge in [0.15, 0.2) is 0 Å². The molecule has 1 heterocycles. The van der Waals surface area contributed by atoms with E-state index in [9.17, 15) is 0 Å². The summed E-state index contributed by atoms with van der Waals surface area (Å²) < 4.78 is 0. The first kappa shape index (κ1) is 11.6. The molecule has 0 saturated carbocycles. The van der Waals surface area contributed by atoms with E-state index in [2.05, 4.69) is 56.4 Å². The van der Waals surface area contributed by atoms with Gasteiger partial charge in [0, 0.05) is 11.3 Å². The molecular formula is C15H14BNS. The minimum absolute atomic E-state index is 1.02. The monoisotopic (exact) mass is 251 g/mol. The number of fused-ring (bicyclic) bond motifs is 1. The number of benzene rings is 2. The van der Waals surface area contributed by atoms with Gasteiger partial charge in [0.25, 0.3) is 0 Å². The Kier molecular flexibility index (Phi) is 3.24. The molecule has 2 aromatic carbocycles. The number of hydrogen-bond donors (Lipinski definition) is 0. The Hall–Kier alpha value is -1.48. The van der Waals surface area contributed by atoms with Crippen molar-refractivity contribution in [2.45, 2.75) is 12.1 Å². The van der Waals surface area contributed by atoms with Crippen LogP contribution in [0.5, 0.6) is 0 Å². The normalized spacial score (nSPS) is 13.9. The maximum Gasteiger partial charge on any atom is 0.107 e. The minimum Gasteiger partial charge on any atom is -0.241 e. The molecule has 1 aliphatic rings. The fraction of sp³-hybridized carbons (Fsp3) is 0.133. The van der Waals surface area contributed by atoms with Gasteiger partial charge in [-0.2, -0.15) is 0 Å². The van der Waals surface area contributed by atoms with E-state index < -0.39 is 0 Å². The van der Waals surface area contributed by atoms with Gasteiger partial charge in [0.2, 0.25) is 0 Å². The third kappa shape index (κ3) is 2.11. The van der Waals surface area contributed by atoms with Crippen LogP contribution in [-0.4, -0.2) is 12.9 Å². The number of nitrogens with zero attached hydrogens (tertiary/aromatic N) is 1. The number of thioether (sulfide) groups is 1. The summed E-state index contributed by atoms with van der Waals surface area (Å²) in [5.41, 5.74) is 5.13. The van der Waals surface area contributed by atoms with Crippen LogP contribution in [0.2, 0.25) is 0 Å². The van der Waals surface area contributed by atoms with Crippen LogP contribution >= 0.6 is 11.8 Å². The predicted octanol–water partition coefficient (Wildman–Crippen LogP) is 3.14. The Bertz CT molecular complexity index is 607. The quantitative estimate of drug-likeness (QED) is 0.747. The molecule has 0 saturated heterocycles. The van der Waals surface area contributed by atoms with Gasteiger partial charge in [-0.25, -0.2) is 4.99 Å². The lowest BCUT2D eigenvalue weighted by Crippen LogP contribution is -2.05. The van der Waals surface area contributed by atoms with Gasteiger partial charge in [-0.15, -0.1) is 11.8 Å². The SMILES string of the molecule is BCc1ccccc1C1=Nc2ccccc2CS1. The molecule has 0 N–H and O–H groups in total. The van der Waals surface area contributed by atoms with Gasteiger partial charge in [0.1, 0.15) is 12.9 Å². The zero-order valence-electron chi connectivity index (χ0n) is 10.4. The first-order valence-corrected chi connectivity index (χ1v) is 7.24. The highest BCUT2D eigenvalue weighted by Crippen LogP contribution is 2.33. The fourth-order valence-electron chi connectivity index (χ4n) is 2.20. The van der Waals surface area contributed by atoms with Crippen LogP contribution in [0.4, 0.5) is 5.69 Å². The van der Waals surface area contributed by atoms with Crippen molar-refractivity contribution >= 4 is 30.3 Å². The third-order valence-corrected chi connectivity index (χ3v) is 4.25. The van der Waals surface area contributed by atoms with Crippen LogP contribution in [-0.2, 0) is 12.1 Å². The van der Waals surface area contributed by atoms with Crippen molar-refractivity contribution in [3.63, 3.8) is 0 Å². The molecule has 0 amide bonds. The van der Waals surface area contributed by atoms with E-state index in [1.165, 1.54) is 16.7 Å². The summed E-state index contributed by atoms with van der Waals surface area (Å²) in [6.07, 6.45) is 1.05. The molecule has 1 nitrogen and oxygen atoms in total. The first-order valence-electron chi connectivity index (χ1n) is 6.26. The van der Waals surface area contributed by atoms with Crippen LogP contribution in [0.15, 0.2) is 53.5 Å². The van der Waals surface area contributed by atoms with Crippen LogP contribution in [0.3, 0.4) is 0 Å². The van der Waals surface area contributed by atoms with Gasteiger partial charge < -0.3 is 0 Å². The summed E-state index contributed by atoms with van der Waals surface area (Å²) >= 11 is 1.84. The Morgan fingerprint density at radius 1 is 1.06 bits per heavy atom. The van der Waals surface area contributed by atoms with Crippen LogP contribution in [0.1, 0.15) is 16.7 Å². The summed E-state index contributed by atoms with van der Waals surface area (Å²) in [4.78, 5) is 4.80. The van der Waals surface area contributed by atoms with E-state index in [0.29, 0.717) is 0 Å². The molecule has 0 radical (unpaired) electrons. The number of rotatable bonds is 2. The minimum atomic E-state index is 1.02. The van der Waals surface area contributed by atoms with Crippen molar-refractivity contribution in [2.24, 2.45) is 4.99 Å². The van der Waals surface area contributed by atoms with E-state index in [1.807, 2.05) is 11.8 Å². The standard InChI is InChI=1S/C15H14BNS/c16-9-11-5-1-3-7-13(11)15-17-14-8-4-2-6-12(14)10-18-15/h1-8H,9-10,16H2. The molecule has 0 bridgehead atoms. The summed E-state index contributed by atoms with van der Waals surface area (Å²) in [7, 11) is 2.20. The Morgan fingerprint density at radius 3 is 2.72 bits per heavy atom. The van der Waals surface area contributed by atoms with E-state index in [0.717, 1.165) is 22.8 Å². The van der Waals surface area contributed by atoms with Crippen molar-refractivity contribution in [2.75, 3.05) is 0 Å². The Labute approximate surface area is 113 Å². The lowest BCUT2D eigenvalue weighted by atomic mass is 9.93. The lowest BCUT2D eigenvalue weighted by molar-refractivity contribution is 1.33. The second-order valence-corrected chi connectivity index (χ2v) is 5.31. The van der Waals surface area contributed by atoms with E-state index in [4.69, 9.17) is 4.99 Å². The topological polar surface area (TPSA) is 12.4 Å². The van der Waals surface area contributed by atoms with Crippen molar-refractivity contribution < 1.29 is 0 Å². The van der Waals surface area contributed by atoms with Gasteiger partial charge >= 0.3 is 0 Å². The van der Waals surface area contributed by atoms with Gasteiger partial charge in [0.05, 0.1) is 5.69 Å². The molecule has 1 aliphatic heterocycles. The summed E-state index contributed by atoms with van der Waals surface area (Å²) in [5.74, 6) is 1.02. The van der Waals surface area contributed by atoms with E-state index in [-0.39, 0.29) is 0 Å². The summed E-state index contributed by atoms with van der Waals surface area (Å²) in [5, 5.41) is 1.16. The lowest BCUT2D eigenvalue weighted by Gasteiger charge is -2.16. The molecule has 0 unspecified atom stereocenters. The summed E-state index contributed by atoms with van der Waals surface area (Å²) in [6.45, 7) is 0. The predicted molar refractivity (Wildman–Crippen MR) is 82.6 cm³/mol. The van der Waals surface area contributed by atoms with Crippen LogP contribution < -0.4 is 0 Å². The zero-order valence-corrected chi connectivity index (χ0v) is 11.2. The average Bonchev–Trinajstić information content (AvgIpc) is 2.46. The number of para-hydroxylation sites is 1. The molecular weight excluding hydrogens is 237 g/mol. The van der Waals surface area contributed by atoms with Crippen molar-refractivity contribution in [1.82, 2.24) is 0 Å². The molecule has 2 aromatic rings. The zero-order chi connectivity index (χ0) is 12.4. The molecule has 0 fully saturated rings. The molecule has 0 aliphatic carbocycles. The highest BCUT2D eigenvalue weighted by Gasteiger charge is 2.15. The van der Waals surface area contributed by atoms with Crippen molar-refractivity contribution in [1.29, 1.82) is 0 Å². The van der Waals surface area contributed by atoms with Crippen molar-refractivity contribution in [3.8, 4) is 0 Å². The molecule has 0 spiro atoms. The number of hydrogen-bond acceptors (Lipinski definition) is 2. The van der Waals surface area contributed by atoms with E-state index >= 15 is 0 Å².